The van der Waals surface area contributed by atoms with Crippen molar-refractivity contribution >= 4 is 97.3 Å². The van der Waals surface area contributed by atoms with Crippen LogP contribution in [-0.2, 0) is 77.7 Å². The molecule has 3 heterocycles. The first kappa shape index (κ1) is 88.9. The first-order valence-corrected chi connectivity index (χ1v) is 39.4. The summed E-state index contributed by atoms with van der Waals surface area (Å²) in [5.41, 5.74) is 4.75. The number of carbonyl (C=O) groups excluding carboxylic acids is 7. The summed E-state index contributed by atoms with van der Waals surface area (Å²) in [5, 5.41) is 34.0. The Kier molecular flexibility index (Phi) is 31.7. The van der Waals surface area contributed by atoms with Gasteiger partial charge < -0.3 is 65.6 Å². The second-order valence-electron chi connectivity index (χ2n) is 27.6. The molecule has 0 bridgehead atoms. The van der Waals surface area contributed by atoms with Crippen LogP contribution >= 0.6 is 23.2 Å². The van der Waals surface area contributed by atoms with Crippen LogP contribution in [-0.4, -0.2) is 190 Å². The first-order chi connectivity index (χ1) is 54.8. The van der Waals surface area contributed by atoms with Gasteiger partial charge >= 0.3 is 24.5 Å². The largest absolute Gasteiger partial charge is 0.445 e. The number of nitrogens with zero attached hydrogens (tertiary/aromatic N) is 7. The van der Waals surface area contributed by atoms with E-state index in [1.165, 1.54) is 72.6 Å². The number of para-hydroxylation sites is 2. The number of aliphatic hydroxyl groups is 1. The summed E-state index contributed by atoms with van der Waals surface area (Å²) in [6.07, 6.45) is -14.2. The number of aromatic nitrogens is 3. The van der Waals surface area contributed by atoms with Crippen molar-refractivity contribution in [1.82, 2.24) is 35.8 Å². The van der Waals surface area contributed by atoms with Gasteiger partial charge in [-0.2, -0.15) is 31.4 Å². The van der Waals surface area contributed by atoms with Gasteiger partial charge in [-0.05, 0) is 95.5 Å². The molecular formula is C79H90Cl2F6N12O15S. The van der Waals surface area contributed by atoms with Crippen molar-refractivity contribution in [2.75, 3.05) is 101 Å². The van der Waals surface area contributed by atoms with Gasteiger partial charge in [-0.3, -0.25) is 29.0 Å². The van der Waals surface area contributed by atoms with Crippen LogP contribution < -0.4 is 36.9 Å². The van der Waals surface area contributed by atoms with E-state index in [1.54, 1.807) is 53.8 Å². The molecule has 0 spiro atoms. The third kappa shape index (κ3) is 23.8. The van der Waals surface area contributed by atoms with Gasteiger partial charge in [-0.15, -0.1) is 5.10 Å². The standard InChI is InChI=1S/C79H90Cl2F6N12O15S/c1-50(2)70(92-68(102)32-36-110-38-40-112-42-43-113-41-39-111-37-34-89-67(101)30-31-69(103)98-48-56-13-5-6-17-59(56)72-71(93-95-97(72)4)60-18-7-8-21-63(60)98)65(100)46-55(15-11-33-90-75(88)105)74(104)91-57-28-22-51(23-29-57)49-114-76(106)96(3)35-12-44-115(108,109)58-16-9-14-54(45-58)52-24-26-53(27-25-52)64-47-66(77(107,78(82,83)84)79(85,86)87)94-99(64)73-61(80)19-10-20-62(73)81/h5-10,13-14,16-29,45,50,55,64,70,107H,11-12,15,30-44,46-49H2,1-4H3,(H,89,101)(H,91,104)(H,92,102)(H3,88,90,105)/t55-,64?,70+/m1/s1. The molecule has 6 aromatic carbocycles. The van der Waals surface area contributed by atoms with Crippen molar-refractivity contribution in [2.45, 2.75) is 113 Å². The minimum Gasteiger partial charge on any atom is -0.445 e. The molecule has 618 valence electrons. The van der Waals surface area contributed by atoms with E-state index in [2.05, 4.69) is 36.7 Å². The summed E-state index contributed by atoms with van der Waals surface area (Å²) in [6, 6.07) is 34.2. The lowest BCUT2D eigenvalue weighted by Gasteiger charge is -2.32. The van der Waals surface area contributed by atoms with Crippen molar-refractivity contribution < 1.29 is 97.1 Å². The topological polar surface area (TPSA) is 347 Å². The zero-order valence-electron chi connectivity index (χ0n) is 63.4. The number of nitrogens with one attached hydrogen (secondary N) is 4. The number of fused-ring (bicyclic) bond motifs is 5. The maximum atomic E-state index is 14.1. The van der Waals surface area contributed by atoms with E-state index in [-0.39, 0.29) is 168 Å². The summed E-state index contributed by atoms with van der Waals surface area (Å²) >= 11 is 12.7. The van der Waals surface area contributed by atoms with Crippen LogP contribution in [0.4, 0.5) is 53.0 Å². The van der Waals surface area contributed by atoms with Crippen LogP contribution in [0.2, 0.25) is 10.0 Å². The lowest BCUT2D eigenvalue weighted by Crippen LogP contribution is -2.62. The Balaban J connectivity index is 0.637. The van der Waals surface area contributed by atoms with Gasteiger partial charge in [-0.25, -0.2) is 22.7 Å². The second-order valence-corrected chi connectivity index (χ2v) is 30.5. The molecule has 0 fully saturated rings. The van der Waals surface area contributed by atoms with E-state index in [9.17, 15) is 73.4 Å². The number of urea groups is 1. The normalized spacial score (nSPS) is 14.1. The van der Waals surface area contributed by atoms with Gasteiger partial charge in [0.2, 0.25) is 23.6 Å². The van der Waals surface area contributed by atoms with Gasteiger partial charge in [0.1, 0.15) is 12.3 Å². The maximum absolute atomic E-state index is 14.1. The van der Waals surface area contributed by atoms with Crippen LogP contribution in [0.15, 0.2) is 150 Å². The molecule has 7 aromatic rings. The maximum Gasteiger partial charge on any atom is 0.431 e. The number of alkyl halides is 6. The number of rotatable bonds is 40. The van der Waals surface area contributed by atoms with Crippen LogP contribution in [0.25, 0.3) is 33.6 Å². The number of anilines is 3. The first-order valence-electron chi connectivity index (χ1n) is 36.9. The predicted octanol–water partition coefficient (Wildman–Crippen LogP) is 11.7. The highest BCUT2D eigenvalue weighted by atomic mass is 35.5. The van der Waals surface area contributed by atoms with E-state index in [0.717, 1.165) is 27.4 Å². The van der Waals surface area contributed by atoms with Crippen LogP contribution in [0.1, 0.15) is 87.9 Å². The zero-order valence-corrected chi connectivity index (χ0v) is 65.8. The Morgan fingerprint density at radius 3 is 1.98 bits per heavy atom. The molecule has 27 nitrogen and oxygen atoms in total. The van der Waals surface area contributed by atoms with Gasteiger partial charge in [0, 0.05) is 88.6 Å². The smallest absolute Gasteiger partial charge is 0.431 e. The van der Waals surface area contributed by atoms with E-state index in [0.29, 0.717) is 40.3 Å². The molecule has 3 atom stereocenters. The molecule has 0 aliphatic carbocycles. The van der Waals surface area contributed by atoms with Crippen molar-refractivity contribution in [3.8, 4) is 33.6 Å². The van der Waals surface area contributed by atoms with Crippen LogP contribution in [0.5, 0.6) is 0 Å². The number of sulfone groups is 1. The number of primary amides is 1. The molecule has 7 N–H and O–H groups in total. The minimum absolute atomic E-state index is 0.00699. The third-order valence-electron chi connectivity index (χ3n) is 19.0. The number of hydrazone groups is 1. The number of halogens is 8. The van der Waals surface area contributed by atoms with Gasteiger partial charge in [-0.1, -0.05) is 139 Å². The number of hydrogen-bond donors (Lipinski definition) is 6. The summed E-state index contributed by atoms with van der Waals surface area (Å²) in [5.74, 6) is -3.51. The Bertz CT molecular complexity index is 4660. The van der Waals surface area contributed by atoms with Gasteiger partial charge in [0.05, 0.1) is 115 Å². The number of hydrogen-bond acceptors (Lipinski definition) is 19. The van der Waals surface area contributed by atoms with Crippen molar-refractivity contribution in [1.29, 1.82) is 0 Å². The Hall–Kier alpha value is -10.1. The van der Waals surface area contributed by atoms with Gasteiger partial charge in [0.15, 0.2) is 15.6 Å². The molecule has 0 radical (unpaired) electrons. The lowest BCUT2D eigenvalue weighted by atomic mass is 9.89. The predicted molar refractivity (Wildman–Crippen MR) is 417 cm³/mol. The van der Waals surface area contributed by atoms with E-state index in [4.69, 9.17) is 52.6 Å². The molecule has 36 heteroatoms. The molecule has 1 unspecified atom stereocenters. The Labute approximate surface area is 670 Å². The number of ketones is 1. The molecule has 2 aliphatic heterocycles. The molecular weight excluding hydrogens is 1570 g/mol. The van der Waals surface area contributed by atoms with Crippen LogP contribution in [0, 0.1) is 11.8 Å². The average molecular weight is 1660 g/mol. The highest BCUT2D eigenvalue weighted by Gasteiger charge is 2.74. The number of carbonyl (C=O) groups is 7. The fourth-order valence-electron chi connectivity index (χ4n) is 12.9. The number of Topliss-reactive ketones (excluding diaryl/α,β-unsaturated/α-hetero) is 1. The summed E-state index contributed by atoms with van der Waals surface area (Å²) in [4.78, 5) is 94.7. The highest BCUT2D eigenvalue weighted by molar-refractivity contribution is 7.91. The van der Waals surface area contributed by atoms with Gasteiger partial charge in [0.25, 0.3) is 5.60 Å². The molecule has 9 rings (SSSR count). The third-order valence-corrected chi connectivity index (χ3v) is 21.4. The number of ether oxygens (including phenoxy) is 5. The summed E-state index contributed by atoms with van der Waals surface area (Å²) in [7, 11) is -0.725. The van der Waals surface area contributed by atoms with E-state index < -0.39 is 93.4 Å². The highest BCUT2D eigenvalue weighted by Crippen LogP contribution is 2.51. The molecule has 0 saturated heterocycles. The van der Waals surface area contributed by atoms with Crippen molar-refractivity contribution in [2.24, 2.45) is 29.7 Å². The number of amides is 7. The molecule has 1 aromatic heterocycles. The Morgan fingerprint density at radius 2 is 1.33 bits per heavy atom. The summed E-state index contributed by atoms with van der Waals surface area (Å²) in [6.45, 7) is 5.71. The SMILES string of the molecule is CC(C)[C@H](NC(=O)CCOCCOCCOCCOCCNC(=O)CCC(=O)N1Cc2ccccc2-c2c(nnn2C)-c2ccccc21)C(=O)C[C@@H](CCCNC(N)=O)C(=O)Nc1ccc(COC(=O)N(C)CCCS(=O)(=O)c2cccc(-c3ccc(C4CC(C(O)(C(F)(F)F)C(F)(F)F)=NN4c4c(Cl)cccc4Cl)cc3)c2)cc1. The van der Waals surface area contributed by atoms with Crippen LogP contribution in [0.3, 0.4) is 0 Å². The Morgan fingerprint density at radius 1 is 0.704 bits per heavy atom. The van der Waals surface area contributed by atoms with Crippen molar-refractivity contribution in [3.63, 3.8) is 0 Å². The molecule has 0 saturated carbocycles. The number of aryl methyl sites for hydroxylation is 1. The van der Waals surface area contributed by atoms with E-state index in [1.807, 2.05) is 55.6 Å². The minimum atomic E-state index is -6.21. The second kappa shape index (κ2) is 41.0. The molecule has 2 aliphatic rings. The average Bonchev–Trinajstić information content (AvgIpc) is 1.66. The van der Waals surface area contributed by atoms with Crippen molar-refractivity contribution in [3.05, 3.63) is 166 Å². The number of nitrogens with two attached hydrogens (primary N) is 1. The fourth-order valence-corrected chi connectivity index (χ4v) is 14.8. The fraction of sp³-hybridized carbons (Fsp3) is 0.418. The number of benzene rings is 6. The molecule has 7 amide bonds. The monoisotopic (exact) mass is 1660 g/mol. The lowest BCUT2D eigenvalue weighted by molar-refractivity contribution is -0.338. The zero-order chi connectivity index (χ0) is 83.2. The van der Waals surface area contributed by atoms with E-state index >= 15 is 0 Å². The summed E-state index contributed by atoms with van der Waals surface area (Å²) < 4.78 is 141. The quantitative estimate of drug-likeness (QED) is 0.0153. The molecule has 115 heavy (non-hydrogen) atoms.